The second-order valence-corrected chi connectivity index (χ2v) is 3.76. The molecule has 0 aromatic carbocycles. The Morgan fingerprint density at radius 2 is 2.54 bits per heavy atom. The van der Waals surface area contributed by atoms with Gasteiger partial charge in [-0.25, -0.2) is 0 Å². The van der Waals surface area contributed by atoms with Gasteiger partial charge in [-0.2, -0.15) is 5.10 Å². The third kappa shape index (κ3) is 2.29. The second-order valence-electron chi connectivity index (χ2n) is 3.76. The van der Waals surface area contributed by atoms with Crippen molar-refractivity contribution in [2.45, 2.75) is 37.9 Å². The van der Waals surface area contributed by atoms with E-state index >= 15 is 0 Å². The molecule has 4 N–H and O–H groups in total. The Hall–Kier alpha value is -0.870. The van der Waals surface area contributed by atoms with Gasteiger partial charge in [0.1, 0.15) is 0 Å². The summed E-state index contributed by atoms with van der Waals surface area (Å²) in [5.74, 6) is 0. The van der Waals surface area contributed by atoms with Crippen LogP contribution in [0.25, 0.3) is 0 Å². The maximum absolute atomic E-state index is 5.82. The van der Waals surface area contributed by atoms with Gasteiger partial charge in [0.15, 0.2) is 0 Å². The Balaban J connectivity index is 1.74. The van der Waals surface area contributed by atoms with Gasteiger partial charge in [-0.05, 0) is 19.3 Å². The molecule has 1 saturated carbocycles. The molecule has 4 nitrogen and oxygen atoms in total. The number of nitrogens with zero attached hydrogens (tertiary/aromatic N) is 1. The van der Waals surface area contributed by atoms with Gasteiger partial charge in [0.2, 0.25) is 0 Å². The highest BCUT2D eigenvalue weighted by atomic mass is 15.1. The predicted molar refractivity (Wildman–Crippen MR) is 51.0 cm³/mol. The molecule has 4 heteroatoms. The average Bonchev–Trinajstić information content (AvgIpc) is 2.71. The van der Waals surface area contributed by atoms with Crippen LogP contribution < -0.4 is 11.1 Å². The number of aromatic nitrogens is 2. The molecule has 1 heterocycles. The SMILES string of the molecule is NC1CCC(NCc2cn[nH]c2)C1. The molecular formula is C9H16N4. The van der Waals surface area contributed by atoms with E-state index in [-0.39, 0.29) is 0 Å². The minimum atomic E-state index is 0.404. The topological polar surface area (TPSA) is 66.7 Å². The first-order chi connectivity index (χ1) is 6.34. The fourth-order valence-corrected chi connectivity index (χ4v) is 1.84. The summed E-state index contributed by atoms with van der Waals surface area (Å²) in [5, 5.41) is 10.2. The van der Waals surface area contributed by atoms with E-state index in [1.165, 1.54) is 12.0 Å². The largest absolute Gasteiger partial charge is 0.328 e. The predicted octanol–water partition coefficient (Wildman–Crippen LogP) is 0.379. The molecule has 2 atom stereocenters. The molecule has 1 aromatic rings. The lowest BCUT2D eigenvalue weighted by molar-refractivity contribution is 0.517. The molecule has 2 unspecified atom stereocenters. The second kappa shape index (κ2) is 3.89. The van der Waals surface area contributed by atoms with Gasteiger partial charge in [-0.3, -0.25) is 5.10 Å². The lowest BCUT2D eigenvalue weighted by Crippen LogP contribution is -2.27. The minimum absolute atomic E-state index is 0.404. The summed E-state index contributed by atoms with van der Waals surface area (Å²) in [7, 11) is 0. The van der Waals surface area contributed by atoms with E-state index in [1.54, 1.807) is 0 Å². The molecular weight excluding hydrogens is 164 g/mol. The van der Waals surface area contributed by atoms with Crippen LogP contribution in [0, 0.1) is 0 Å². The number of aromatic amines is 1. The molecule has 0 amide bonds. The normalized spacial score (nSPS) is 28.1. The van der Waals surface area contributed by atoms with Crippen molar-refractivity contribution >= 4 is 0 Å². The van der Waals surface area contributed by atoms with Gasteiger partial charge >= 0.3 is 0 Å². The van der Waals surface area contributed by atoms with Crippen LogP contribution >= 0.6 is 0 Å². The number of H-pyrrole nitrogens is 1. The van der Waals surface area contributed by atoms with E-state index in [2.05, 4.69) is 15.5 Å². The van der Waals surface area contributed by atoms with Crippen molar-refractivity contribution in [2.24, 2.45) is 5.73 Å². The van der Waals surface area contributed by atoms with E-state index in [0.29, 0.717) is 12.1 Å². The Morgan fingerprint density at radius 3 is 3.15 bits per heavy atom. The van der Waals surface area contributed by atoms with Gasteiger partial charge in [-0.15, -0.1) is 0 Å². The van der Waals surface area contributed by atoms with Crippen LogP contribution in [0.5, 0.6) is 0 Å². The van der Waals surface area contributed by atoms with Crippen LogP contribution in [0.1, 0.15) is 24.8 Å². The molecule has 1 aliphatic carbocycles. The number of nitrogens with two attached hydrogens (primary N) is 1. The number of nitrogens with one attached hydrogen (secondary N) is 2. The summed E-state index contributed by atoms with van der Waals surface area (Å²) in [4.78, 5) is 0. The van der Waals surface area contributed by atoms with Gasteiger partial charge in [0.05, 0.1) is 6.20 Å². The van der Waals surface area contributed by atoms with Gasteiger partial charge in [-0.1, -0.05) is 0 Å². The lowest BCUT2D eigenvalue weighted by atomic mass is 10.2. The Kier molecular flexibility index (Phi) is 2.61. The Bertz CT molecular complexity index is 244. The standard InChI is InChI=1S/C9H16N4/c10-8-1-2-9(3-8)11-4-7-5-12-13-6-7/h5-6,8-9,11H,1-4,10H2,(H,12,13). The van der Waals surface area contributed by atoms with E-state index in [4.69, 9.17) is 5.73 Å². The first kappa shape index (κ1) is 8.72. The third-order valence-electron chi connectivity index (χ3n) is 2.62. The first-order valence-electron chi connectivity index (χ1n) is 4.81. The molecule has 0 radical (unpaired) electrons. The number of hydrogen-bond donors (Lipinski definition) is 3. The number of hydrogen-bond acceptors (Lipinski definition) is 3. The molecule has 1 aromatic heterocycles. The van der Waals surface area contributed by atoms with Crippen LogP contribution in [0.15, 0.2) is 12.4 Å². The maximum atomic E-state index is 5.82. The first-order valence-corrected chi connectivity index (χ1v) is 4.81. The number of rotatable bonds is 3. The Morgan fingerprint density at radius 1 is 1.62 bits per heavy atom. The summed E-state index contributed by atoms with van der Waals surface area (Å²) < 4.78 is 0. The molecule has 0 aliphatic heterocycles. The van der Waals surface area contributed by atoms with E-state index in [9.17, 15) is 0 Å². The summed E-state index contributed by atoms with van der Waals surface area (Å²) >= 11 is 0. The minimum Gasteiger partial charge on any atom is -0.328 e. The fraction of sp³-hybridized carbons (Fsp3) is 0.667. The fourth-order valence-electron chi connectivity index (χ4n) is 1.84. The zero-order valence-electron chi connectivity index (χ0n) is 7.66. The van der Waals surface area contributed by atoms with Crippen molar-refractivity contribution in [3.8, 4) is 0 Å². The van der Waals surface area contributed by atoms with Crippen molar-refractivity contribution in [2.75, 3.05) is 0 Å². The highest BCUT2D eigenvalue weighted by Crippen LogP contribution is 2.17. The van der Waals surface area contributed by atoms with Crippen molar-refractivity contribution in [1.82, 2.24) is 15.5 Å². The van der Waals surface area contributed by atoms with Crippen LogP contribution in [-0.4, -0.2) is 22.3 Å². The molecule has 0 bridgehead atoms. The summed E-state index contributed by atoms with van der Waals surface area (Å²) in [6, 6.07) is 1.01. The van der Waals surface area contributed by atoms with Crippen molar-refractivity contribution in [3.05, 3.63) is 18.0 Å². The zero-order valence-corrected chi connectivity index (χ0v) is 7.66. The highest BCUT2D eigenvalue weighted by Gasteiger charge is 2.20. The smallest absolute Gasteiger partial charge is 0.0532 e. The average molecular weight is 180 g/mol. The van der Waals surface area contributed by atoms with Crippen LogP contribution in [0.3, 0.4) is 0 Å². The summed E-state index contributed by atoms with van der Waals surface area (Å²) in [5.41, 5.74) is 7.02. The maximum Gasteiger partial charge on any atom is 0.0532 e. The van der Waals surface area contributed by atoms with Gasteiger partial charge in [0.25, 0.3) is 0 Å². The highest BCUT2D eigenvalue weighted by molar-refractivity contribution is 5.02. The van der Waals surface area contributed by atoms with Crippen molar-refractivity contribution < 1.29 is 0 Å². The molecule has 2 rings (SSSR count). The van der Waals surface area contributed by atoms with Gasteiger partial charge < -0.3 is 11.1 Å². The van der Waals surface area contributed by atoms with Crippen LogP contribution in [0.4, 0.5) is 0 Å². The molecule has 0 saturated heterocycles. The van der Waals surface area contributed by atoms with Crippen LogP contribution in [0.2, 0.25) is 0 Å². The van der Waals surface area contributed by atoms with E-state index in [0.717, 1.165) is 19.4 Å². The Labute approximate surface area is 77.9 Å². The van der Waals surface area contributed by atoms with Crippen molar-refractivity contribution in [1.29, 1.82) is 0 Å². The van der Waals surface area contributed by atoms with Crippen LogP contribution in [-0.2, 0) is 6.54 Å². The summed E-state index contributed by atoms with van der Waals surface area (Å²) in [6.07, 6.45) is 7.24. The summed E-state index contributed by atoms with van der Waals surface area (Å²) in [6.45, 7) is 0.897. The quantitative estimate of drug-likeness (QED) is 0.630. The molecule has 72 valence electrons. The van der Waals surface area contributed by atoms with E-state index < -0.39 is 0 Å². The third-order valence-corrected chi connectivity index (χ3v) is 2.62. The molecule has 1 aliphatic rings. The molecule has 0 spiro atoms. The van der Waals surface area contributed by atoms with E-state index in [1.807, 2.05) is 12.4 Å². The monoisotopic (exact) mass is 180 g/mol. The lowest BCUT2D eigenvalue weighted by Gasteiger charge is -2.10. The zero-order chi connectivity index (χ0) is 9.10. The van der Waals surface area contributed by atoms with Crippen molar-refractivity contribution in [3.63, 3.8) is 0 Å². The molecule has 13 heavy (non-hydrogen) atoms. The van der Waals surface area contributed by atoms with Gasteiger partial charge in [0, 0.05) is 30.4 Å². The molecule has 1 fully saturated rings.